The lowest BCUT2D eigenvalue weighted by Crippen LogP contribution is -2.23. The van der Waals surface area contributed by atoms with Gasteiger partial charge < -0.3 is 9.72 Å². The smallest absolute Gasteiger partial charge is 0.248 e. The maximum Gasteiger partial charge on any atom is 0.248 e. The van der Waals surface area contributed by atoms with Crippen molar-refractivity contribution in [1.82, 2.24) is 9.71 Å². The monoisotopic (exact) mass is 372 g/mol. The third-order valence-electron chi connectivity index (χ3n) is 3.77. The summed E-state index contributed by atoms with van der Waals surface area (Å²) < 4.78 is 33.2. The number of H-pyrrole nitrogens is 1. The van der Waals surface area contributed by atoms with Crippen LogP contribution in [0.1, 0.15) is 19.4 Å². The highest BCUT2D eigenvalue weighted by Crippen LogP contribution is 2.18. The predicted molar refractivity (Wildman–Crippen MR) is 101 cm³/mol. The summed E-state index contributed by atoms with van der Waals surface area (Å²) >= 11 is 0. The second kappa shape index (κ2) is 7.31. The number of fused-ring (bicyclic) bond motifs is 1. The third kappa shape index (κ3) is 4.30. The summed E-state index contributed by atoms with van der Waals surface area (Å²) in [6.07, 6.45) is 0.0854. The fourth-order valence-corrected chi connectivity index (χ4v) is 3.57. The van der Waals surface area contributed by atoms with Crippen LogP contribution in [0.4, 0.5) is 0 Å². The van der Waals surface area contributed by atoms with Gasteiger partial charge >= 0.3 is 0 Å². The molecule has 0 amide bonds. The van der Waals surface area contributed by atoms with Crippen molar-refractivity contribution in [3.8, 4) is 5.75 Å². The highest BCUT2D eigenvalue weighted by atomic mass is 32.2. The highest BCUT2D eigenvalue weighted by molar-refractivity contribution is 7.89. The Bertz CT molecular complexity index is 1070. The van der Waals surface area contributed by atoms with Gasteiger partial charge in [-0.15, -0.1) is 0 Å². The molecular weight excluding hydrogens is 352 g/mol. The lowest BCUT2D eigenvalue weighted by atomic mass is 10.2. The Kier molecular flexibility index (Phi) is 5.11. The van der Waals surface area contributed by atoms with Crippen LogP contribution in [-0.2, 0) is 16.6 Å². The second-order valence-corrected chi connectivity index (χ2v) is 7.97. The average Bonchev–Trinajstić information content (AvgIpc) is 2.60. The molecule has 2 N–H and O–H groups in total. The molecular formula is C19H20N2O4S. The summed E-state index contributed by atoms with van der Waals surface area (Å²) in [5.41, 5.74) is 1.20. The molecule has 6 nitrogen and oxygen atoms in total. The molecule has 0 saturated heterocycles. The molecule has 3 rings (SSSR count). The summed E-state index contributed by atoms with van der Waals surface area (Å²) in [5, 5.41) is 0.655. The van der Waals surface area contributed by atoms with Gasteiger partial charge in [0, 0.05) is 18.1 Å². The number of ether oxygens (including phenoxy) is 1. The van der Waals surface area contributed by atoms with E-state index in [1.54, 1.807) is 12.1 Å². The topological polar surface area (TPSA) is 88.3 Å². The van der Waals surface area contributed by atoms with Crippen molar-refractivity contribution in [3.05, 3.63) is 70.5 Å². The molecule has 136 valence electrons. The second-order valence-electron chi connectivity index (χ2n) is 6.21. The standard InChI is InChI=1S/C19H20N2O4S/c1-13(2)25-16-6-3-14(4-7-16)12-20-26(23,24)17-8-9-18-15(11-17)5-10-19(22)21-18/h3-11,13,20H,12H2,1-2H3,(H,21,22). The SMILES string of the molecule is CC(C)Oc1ccc(CNS(=O)(=O)c2ccc3[nH]c(=O)ccc3c2)cc1. The highest BCUT2D eigenvalue weighted by Gasteiger charge is 2.14. The Morgan fingerprint density at radius 3 is 2.46 bits per heavy atom. The Morgan fingerprint density at radius 1 is 1.04 bits per heavy atom. The van der Waals surface area contributed by atoms with Crippen LogP contribution in [0.15, 0.2) is 64.3 Å². The first-order chi connectivity index (χ1) is 12.3. The van der Waals surface area contributed by atoms with E-state index in [-0.39, 0.29) is 23.1 Å². The summed E-state index contributed by atoms with van der Waals surface area (Å²) in [6.45, 7) is 4.07. The fourth-order valence-electron chi connectivity index (χ4n) is 2.52. The number of hydrogen-bond donors (Lipinski definition) is 2. The molecule has 26 heavy (non-hydrogen) atoms. The van der Waals surface area contributed by atoms with Crippen molar-refractivity contribution < 1.29 is 13.2 Å². The molecule has 2 aromatic carbocycles. The van der Waals surface area contributed by atoms with Crippen molar-refractivity contribution in [2.75, 3.05) is 0 Å². The Hall–Kier alpha value is -2.64. The van der Waals surface area contributed by atoms with E-state index in [1.165, 1.54) is 18.2 Å². The maximum atomic E-state index is 12.5. The van der Waals surface area contributed by atoms with Gasteiger partial charge in [-0.05, 0) is 61.2 Å². The van der Waals surface area contributed by atoms with Crippen LogP contribution in [0.5, 0.6) is 5.75 Å². The van der Waals surface area contributed by atoms with Gasteiger partial charge in [0.2, 0.25) is 15.6 Å². The molecule has 1 aromatic heterocycles. The first kappa shape index (κ1) is 18.2. The van der Waals surface area contributed by atoms with E-state index >= 15 is 0 Å². The quantitative estimate of drug-likeness (QED) is 0.696. The average molecular weight is 372 g/mol. The number of nitrogens with one attached hydrogen (secondary N) is 2. The fraction of sp³-hybridized carbons (Fsp3) is 0.211. The van der Waals surface area contributed by atoms with Gasteiger partial charge in [-0.3, -0.25) is 4.79 Å². The minimum absolute atomic E-state index is 0.0854. The molecule has 0 unspecified atom stereocenters. The molecule has 0 aliphatic carbocycles. The Morgan fingerprint density at radius 2 is 1.77 bits per heavy atom. The van der Waals surface area contributed by atoms with Gasteiger partial charge in [-0.1, -0.05) is 12.1 Å². The number of hydrogen-bond acceptors (Lipinski definition) is 4. The summed E-state index contributed by atoms with van der Waals surface area (Å²) in [4.78, 5) is 14.1. The lowest BCUT2D eigenvalue weighted by Gasteiger charge is -2.11. The number of benzene rings is 2. The zero-order valence-corrected chi connectivity index (χ0v) is 15.3. The van der Waals surface area contributed by atoms with Crippen LogP contribution in [0, 0.1) is 0 Å². The van der Waals surface area contributed by atoms with Gasteiger partial charge in [0.15, 0.2) is 0 Å². The molecule has 0 aliphatic rings. The third-order valence-corrected chi connectivity index (χ3v) is 5.17. The van der Waals surface area contributed by atoms with E-state index in [0.717, 1.165) is 11.3 Å². The van der Waals surface area contributed by atoms with Gasteiger partial charge in [0.1, 0.15) is 5.75 Å². The zero-order valence-electron chi connectivity index (χ0n) is 14.5. The summed E-state index contributed by atoms with van der Waals surface area (Å²) in [7, 11) is -3.66. The molecule has 0 saturated carbocycles. The van der Waals surface area contributed by atoms with Crippen molar-refractivity contribution in [3.63, 3.8) is 0 Å². The number of sulfonamides is 1. The predicted octanol–water partition coefficient (Wildman–Crippen LogP) is 2.79. The van der Waals surface area contributed by atoms with E-state index in [4.69, 9.17) is 4.74 Å². The minimum Gasteiger partial charge on any atom is -0.491 e. The number of pyridine rings is 1. The van der Waals surface area contributed by atoms with Gasteiger partial charge in [0.25, 0.3) is 0 Å². The molecule has 0 atom stereocenters. The van der Waals surface area contributed by atoms with Crippen molar-refractivity contribution >= 4 is 20.9 Å². The van der Waals surface area contributed by atoms with Crippen molar-refractivity contribution in [2.45, 2.75) is 31.4 Å². The first-order valence-corrected chi connectivity index (χ1v) is 9.70. The van der Waals surface area contributed by atoms with E-state index in [1.807, 2.05) is 38.1 Å². The molecule has 0 aliphatic heterocycles. The van der Waals surface area contributed by atoms with Crippen LogP contribution in [-0.4, -0.2) is 19.5 Å². The van der Waals surface area contributed by atoms with Crippen LogP contribution in [0.3, 0.4) is 0 Å². The molecule has 0 spiro atoms. The largest absolute Gasteiger partial charge is 0.491 e. The van der Waals surface area contributed by atoms with E-state index in [2.05, 4.69) is 9.71 Å². The van der Waals surface area contributed by atoms with Gasteiger partial charge in [0.05, 0.1) is 11.0 Å². The molecule has 0 bridgehead atoms. The molecule has 0 radical (unpaired) electrons. The van der Waals surface area contributed by atoms with Crippen LogP contribution >= 0.6 is 0 Å². The number of aromatic amines is 1. The molecule has 3 aromatic rings. The van der Waals surface area contributed by atoms with Crippen LogP contribution < -0.4 is 15.0 Å². The van der Waals surface area contributed by atoms with E-state index in [0.29, 0.717) is 10.9 Å². The number of aromatic nitrogens is 1. The maximum absolute atomic E-state index is 12.5. The van der Waals surface area contributed by atoms with E-state index < -0.39 is 10.0 Å². The van der Waals surface area contributed by atoms with Crippen molar-refractivity contribution in [1.29, 1.82) is 0 Å². The summed E-state index contributed by atoms with van der Waals surface area (Å²) in [5.74, 6) is 0.745. The molecule has 7 heteroatoms. The Balaban J connectivity index is 1.74. The number of rotatable bonds is 6. The molecule has 1 heterocycles. The first-order valence-electron chi connectivity index (χ1n) is 8.22. The Labute approximate surface area is 151 Å². The van der Waals surface area contributed by atoms with Crippen molar-refractivity contribution in [2.24, 2.45) is 0 Å². The minimum atomic E-state index is -3.66. The zero-order chi connectivity index (χ0) is 18.7. The summed E-state index contributed by atoms with van der Waals surface area (Å²) in [6, 6.07) is 14.8. The normalized spacial score (nSPS) is 11.8. The van der Waals surface area contributed by atoms with Gasteiger partial charge in [-0.25, -0.2) is 13.1 Å². The van der Waals surface area contributed by atoms with Crippen LogP contribution in [0.2, 0.25) is 0 Å². The van der Waals surface area contributed by atoms with Gasteiger partial charge in [-0.2, -0.15) is 0 Å². The van der Waals surface area contributed by atoms with Crippen LogP contribution in [0.25, 0.3) is 10.9 Å². The van der Waals surface area contributed by atoms with E-state index in [9.17, 15) is 13.2 Å². The lowest BCUT2D eigenvalue weighted by molar-refractivity contribution is 0.242. The molecule has 0 fully saturated rings.